The molecule has 7 heteroatoms. The number of likely N-dealkylation sites (N-methyl/N-ethyl adjacent to an activating group) is 1. The van der Waals surface area contributed by atoms with Crippen LogP contribution in [-0.4, -0.2) is 36.9 Å². The quantitative estimate of drug-likeness (QED) is 0.742. The van der Waals surface area contributed by atoms with Crippen molar-refractivity contribution >= 4 is 17.9 Å². The van der Waals surface area contributed by atoms with Gasteiger partial charge >= 0.3 is 0 Å². The van der Waals surface area contributed by atoms with E-state index in [1.807, 2.05) is 0 Å². The van der Waals surface area contributed by atoms with Gasteiger partial charge in [-0.3, -0.25) is 9.59 Å². The average Bonchev–Trinajstić information content (AvgIpc) is 2.68. The zero-order valence-corrected chi connectivity index (χ0v) is 15.9. The molecule has 1 atom stereocenters. The molecular formula is C21H22F2N2O3. The highest BCUT2D eigenvalue weighted by Crippen LogP contribution is 2.13. The lowest BCUT2D eigenvalue weighted by Gasteiger charge is -2.22. The first kappa shape index (κ1) is 21.1. The lowest BCUT2D eigenvalue weighted by Crippen LogP contribution is -2.44. The van der Waals surface area contributed by atoms with Crippen LogP contribution in [0.3, 0.4) is 0 Å². The molecule has 0 aliphatic rings. The Labute approximate surface area is 162 Å². The maximum absolute atomic E-state index is 13.7. The number of hydrogen-bond acceptors (Lipinski definition) is 3. The van der Waals surface area contributed by atoms with Gasteiger partial charge in [-0.05, 0) is 36.8 Å². The monoisotopic (exact) mass is 388 g/mol. The molecule has 148 valence electrons. The number of carbonyl (C=O) groups is 2. The van der Waals surface area contributed by atoms with E-state index in [1.54, 1.807) is 44.4 Å². The highest BCUT2D eigenvalue weighted by molar-refractivity contribution is 5.95. The number of hydrogen-bond donors (Lipinski definition) is 1. The number of halogens is 2. The summed E-state index contributed by atoms with van der Waals surface area (Å²) in [4.78, 5) is 25.7. The van der Waals surface area contributed by atoms with Crippen molar-refractivity contribution in [2.24, 2.45) is 0 Å². The molecule has 5 nitrogen and oxygen atoms in total. The van der Waals surface area contributed by atoms with Gasteiger partial charge in [0.1, 0.15) is 23.4 Å². The van der Waals surface area contributed by atoms with Gasteiger partial charge in [-0.1, -0.05) is 18.2 Å². The Hall–Kier alpha value is -3.22. The Balaban J connectivity index is 1.90. The molecule has 2 aromatic carbocycles. The fourth-order valence-corrected chi connectivity index (χ4v) is 2.52. The van der Waals surface area contributed by atoms with E-state index in [4.69, 9.17) is 4.74 Å². The van der Waals surface area contributed by atoms with Gasteiger partial charge in [0.15, 0.2) is 0 Å². The number of amides is 2. The summed E-state index contributed by atoms with van der Waals surface area (Å²) >= 11 is 0. The third-order valence-corrected chi connectivity index (χ3v) is 4.07. The fourth-order valence-electron chi connectivity index (χ4n) is 2.52. The van der Waals surface area contributed by atoms with Gasteiger partial charge in [0, 0.05) is 31.3 Å². The number of rotatable bonds is 7. The van der Waals surface area contributed by atoms with Crippen molar-refractivity contribution < 1.29 is 23.1 Å². The van der Waals surface area contributed by atoms with Crippen molar-refractivity contribution in [2.45, 2.75) is 19.5 Å². The molecule has 2 amide bonds. The standard InChI is InChI=1S/C21H22F2N2O3/c1-14(21(27)25(2)13-16-7-8-17(22)12-19(16)23)24-20(26)11-6-15-4-9-18(28-3)10-5-15/h4-12,14H,13H2,1-3H3,(H,24,26)/b11-6+. The average molecular weight is 388 g/mol. The lowest BCUT2D eigenvalue weighted by molar-refractivity contribution is -0.134. The summed E-state index contributed by atoms with van der Waals surface area (Å²) in [5.41, 5.74) is 0.994. The van der Waals surface area contributed by atoms with Gasteiger partial charge in [0.2, 0.25) is 11.8 Å². The molecule has 0 bridgehead atoms. The number of ether oxygens (including phenoxy) is 1. The van der Waals surface area contributed by atoms with Crippen LogP contribution in [0.25, 0.3) is 6.08 Å². The first-order valence-corrected chi connectivity index (χ1v) is 8.61. The summed E-state index contributed by atoms with van der Waals surface area (Å²) < 4.78 is 31.8. The molecule has 0 saturated carbocycles. The summed E-state index contributed by atoms with van der Waals surface area (Å²) in [7, 11) is 3.05. The van der Waals surface area contributed by atoms with Crippen molar-refractivity contribution in [3.8, 4) is 5.75 Å². The molecule has 0 aliphatic heterocycles. The first-order valence-electron chi connectivity index (χ1n) is 8.61. The van der Waals surface area contributed by atoms with Crippen LogP contribution in [0.1, 0.15) is 18.1 Å². The van der Waals surface area contributed by atoms with Crippen molar-refractivity contribution in [3.05, 3.63) is 71.3 Å². The molecule has 0 radical (unpaired) electrons. The summed E-state index contributed by atoms with van der Waals surface area (Å²) in [5.74, 6) is -1.52. The largest absolute Gasteiger partial charge is 0.497 e. The molecule has 1 unspecified atom stereocenters. The predicted molar refractivity (Wildman–Crippen MR) is 102 cm³/mol. The molecule has 28 heavy (non-hydrogen) atoms. The van der Waals surface area contributed by atoms with Crippen LogP contribution in [0, 0.1) is 11.6 Å². The summed E-state index contributed by atoms with van der Waals surface area (Å²) in [5, 5.41) is 2.57. The Kier molecular flexibility index (Phi) is 7.26. The minimum Gasteiger partial charge on any atom is -0.497 e. The molecule has 2 aromatic rings. The van der Waals surface area contributed by atoms with Crippen LogP contribution in [0.5, 0.6) is 5.75 Å². The van der Waals surface area contributed by atoms with Crippen LogP contribution in [0.2, 0.25) is 0 Å². The van der Waals surface area contributed by atoms with Gasteiger partial charge < -0.3 is 15.0 Å². The van der Waals surface area contributed by atoms with Crippen molar-refractivity contribution in [2.75, 3.05) is 14.2 Å². The van der Waals surface area contributed by atoms with E-state index in [2.05, 4.69) is 5.32 Å². The van der Waals surface area contributed by atoms with Gasteiger partial charge in [-0.25, -0.2) is 8.78 Å². The molecule has 0 aromatic heterocycles. The number of benzene rings is 2. The molecule has 0 saturated heterocycles. The highest BCUT2D eigenvalue weighted by atomic mass is 19.1. The molecule has 0 aliphatic carbocycles. The van der Waals surface area contributed by atoms with E-state index < -0.39 is 29.5 Å². The normalized spacial score (nSPS) is 11.9. The van der Waals surface area contributed by atoms with E-state index in [0.717, 1.165) is 17.7 Å². The van der Waals surface area contributed by atoms with Crippen molar-refractivity contribution in [1.29, 1.82) is 0 Å². The van der Waals surface area contributed by atoms with Crippen molar-refractivity contribution in [1.82, 2.24) is 10.2 Å². The van der Waals surface area contributed by atoms with Crippen LogP contribution >= 0.6 is 0 Å². The Morgan fingerprint density at radius 2 is 1.86 bits per heavy atom. The molecule has 0 heterocycles. The zero-order valence-electron chi connectivity index (χ0n) is 15.9. The minimum absolute atomic E-state index is 0.0349. The van der Waals surface area contributed by atoms with Gasteiger partial charge in [0.05, 0.1) is 7.11 Å². The van der Waals surface area contributed by atoms with E-state index in [9.17, 15) is 18.4 Å². The SMILES string of the molecule is COc1ccc(/C=C/C(=O)NC(C)C(=O)N(C)Cc2ccc(F)cc2F)cc1. The third-order valence-electron chi connectivity index (χ3n) is 4.07. The molecule has 0 spiro atoms. The van der Waals surface area contributed by atoms with E-state index in [1.165, 1.54) is 24.1 Å². The van der Waals surface area contributed by atoms with Crippen LogP contribution in [0.15, 0.2) is 48.5 Å². The zero-order chi connectivity index (χ0) is 20.7. The van der Waals surface area contributed by atoms with E-state index in [-0.39, 0.29) is 12.1 Å². The van der Waals surface area contributed by atoms with Gasteiger partial charge in [-0.15, -0.1) is 0 Å². The second kappa shape index (κ2) is 9.64. The third kappa shape index (κ3) is 5.90. The second-order valence-corrected chi connectivity index (χ2v) is 6.27. The summed E-state index contributed by atoms with van der Waals surface area (Å²) in [6.45, 7) is 1.51. The summed E-state index contributed by atoms with van der Waals surface area (Å²) in [6, 6.07) is 9.51. The highest BCUT2D eigenvalue weighted by Gasteiger charge is 2.19. The predicted octanol–water partition coefficient (Wildman–Crippen LogP) is 3.15. The summed E-state index contributed by atoms with van der Waals surface area (Å²) in [6.07, 6.45) is 2.94. The van der Waals surface area contributed by atoms with Gasteiger partial charge in [0.25, 0.3) is 0 Å². The Bertz CT molecular complexity index is 866. The van der Waals surface area contributed by atoms with Crippen LogP contribution in [-0.2, 0) is 16.1 Å². The van der Waals surface area contributed by atoms with E-state index >= 15 is 0 Å². The number of methoxy groups -OCH3 is 1. The van der Waals surface area contributed by atoms with E-state index in [0.29, 0.717) is 5.75 Å². The smallest absolute Gasteiger partial charge is 0.244 e. The Morgan fingerprint density at radius 3 is 2.46 bits per heavy atom. The maximum atomic E-state index is 13.7. The lowest BCUT2D eigenvalue weighted by atomic mass is 10.2. The number of carbonyl (C=O) groups excluding carboxylic acids is 2. The topological polar surface area (TPSA) is 58.6 Å². The Morgan fingerprint density at radius 1 is 1.18 bits per heavy atom. The number of nitrogens with zero attached hydrogens (tertiary/aromatic N) is 1. The second-order valence-electron chi connectivity index (χ2n) is 6.27. The maximum Gasteiger partial charge on any atom is 0.244 e. The molecule has 2 rings (SSSR count). The van der Waals surface area contributed by atoms with Crippen LogP contribution < -0.4 is 10.1 Å². The molecule has 0 fully saturated rings. The fraction of sp³-hybridized carbons (Fsp3) is 0.238. The van der Waals surface area contributed by atoms with Crippen LogP contribution in [0.4, 0.5) is 8.78 Å². The number of nitrogens with one attached hydrogen (secondary N) is 1. The molecule has 1 N–H and O–H groups in total. The minimum atomic E-state index is -0.804. The van der Waals surface area contributed by atoms with Crippen molar-refractivity contribution in [3.63, 3.8) is 0 Å². The van der Waals surface area contributed by atoms with Gasteiger partial charge in [-0.2, -0.15) is 0 Å². The molecular weight excluding hydrogens is 366 g/mol. The first-order chi connectivity index (χ1) is 13.3.